The van der Waals surface area contributed by atoms with Crippen molar-refractivity contribution in [2.24, 2.45) is 0 Å². The predicted octanol–water partition coefficient (Wildman–Crippen LogP) is 3.55. The number of anilines is 2. The molecular formula is C19H24N4O2S. The molecule has 0 radical (unpaired) electrons. The summed E-state index contributed by atoms with van der Waals surface area (Å²) in [6, 6.07) is 7.81. The highest BCUT2D eigenvalue weighted by Crippen LogP contribution is 2.45. The summed E-state index contributed by atoms with van der Waals surface area (Å²) in [5.41, 5.74) is 3.14. The predicted molar refractivity (Wildman–Crippen MR) is 105 cm³/mol. The number of benzene rings is 1. The summed E-state index contributed by atoms with van der Waals surface area (Å²) in [6.45, 7) is 9.55. The lowest BCUT2D eigenvalue weighted by Gasteiger charge is -2.36. The fourth-order valence-electron chi connectivity index (χ4n) is 3.24. The van der Waals surface area contributed by atoms with Gasteiger partial charge >= 0.3 is 0 Å². The first-order valence-electron chi connectivity index (χ1n) is 8.60. The molecule has 1 aromatic carbocycles. The fraction of sp³-hybridized carbons (Fsp3) is 0.421. The minimum absolute atomic E-state index is 0.193. The number of rotatable bonds is 3. The number of aryl methyl sites for hydroxylation is 1. The molecule has 7 heteroatoms. The Bertz CT molecular complexity index is 890. The number of aromatic nitrogens is 2. The monoisotopic (exact) mass is 372 g/mol. The first-order valence-corrected chi connectivity index (χ1v) is 9.41. The highest BCUT2D eigenvalue weighted by atomic mass is 32.2. The Morgan fingerprint density at radius 3 is 2.54 bits per heavy atom. The van der Waals surface area contributed by atoms with Gasteiger partial charge in [0.1, 0.15) is 0 Å². The molecule has 1 aliphatic rings. The van der Waals surface area contributed by atoms with E-state index < -0.39 is 4.75 Å². The van der Waals surface area contributed by atoms with Crippen LogP contribution in [0.1, 0.15) is 38.2 Å². The van der Waals surface area contributed by atoms with Gasteiger partial charge in [0.2, 0.25) is 5.91 Å². The molecule has 0 saturated carbocycles. The molecule has 0 spiro atoms. The SMILES string of the molecule is Cc1nn(C(C)C)c(C)c1NC(=O)C1(C)Sc2ccccc2N(C)C1=O. The van der Waals surface area contributed by atoms with Crippen molar-refractivity contribution >= 4 is 35.0 Å². The van der Waals surface area contributed by atoms with Crippen molar-refractivity contribution in [1.29, 1.82) is 0 Å². The van der Waals surface area contributed by atoms with Crippen LogP contribution >= 0.6 is 11.8 Å². The van der Waals surface area contributed by atoms with Crippen LogP contribution in [-0.2, 0) is 9.59 Å². The fourth-order valence-corrected chi connectivity index (χ4v) is 4.50. The molecule has 1 N–H and O–H groups in total. The molecule has 0 fully saturated rings. The lowest BCUT2D eigenvalue weighted by molar-refractivity contribution is -0.128. The first kappa shape index (κ1) is 18.5. The average Bonchev–Trinajstić information content (AvgIpc) is 2.88. The van der Waals surface area contributed by atoms with Crippen LogP contribution in [0.4, 0.5) is 11.4 Å². The third-order valence-electron chi connectivity index (χ3n) is 4.74. The summed E-state index contributed by atoms with van der Waals surface area (Å²) in [6.07, 6.45) is 0. The lowest BCUT2D eigenvalue weighted by Crippen LogP contribution is -2.53. The van der Waals surface area contributed by atoms with Gasteiger partial charge in [0, 0.05) is 18.0 Å². The van der Waals surface area contributed by atoms with Gasteiger partial charge in [-0.3, -0.25) is 14.3 Å². The van der Waals surface area contributed by atoms with Gasteiger partial charge in [-0.05, 0) is 46.8 Å². The number of thioether (sulfide) groups is 1. The highest BCUT2D eigenvalue weighted by Gasteiger charge is 2.48. The quantitative estimate of drug-likeness (QED) is 0.837. The molecule has 138 valence electrons. The Morgan fingerprint density at radius 1 is 1.27 bits per heavy atom. The van der Waals surface area contributed by atoms with E-state index in [0.29, 0.717) is 5.69 Å². The number of nitrogens with zero attached hydrogens (tertiary/aromatic N) is 3. The lowest BCUT2D eigenvalue weighted by atomic mass is 10.1. The topological polar surface area (TPSA) is 67.2 Å². The van der Waals surface area contributed by atoms with Crippen LogP contribution in [0.3, 0.4) is 0 Å². The zero-order valence-corrected chi connectivity index (χ0v) is 16.8. The van der Waals surface area contributed by atoms with E-state index in [1.165, 1.54) is 11.8 Å². The maximum atomic E-state index is 13.1. The van der Waals surface area contributed by atoms with Gasteiger partial charge in [0.15, 0.2) is 4.75 Å². The number of amides is 2. The van der Waals surface area contributed by atoms with Crippen molar-refractivity contribution in [3.05, 3.63) is 35.7 Å². The molecule has 0 saturated heterocycles. The number of carbonyl (C=O) groups excluding carboxylic acids is 2. The van der Waals surface area contributed by atoms with Gasteiger partial charge < -0.3 is 10.2 Å². The molecule has 26 heavy (non-hydrogen) atoms. The zero-order valence-electron chi connectivity index (χ0n) is 16.0. The number of nitrogens with one attached hydrogen (secondary N) is 1. The smallest absolute Gasteiger partial charge is 0.252 e. The second-order valence-corrected chi connectivity index (χ2v) is 8.47. The Balaban J connectivity index is 1.94. The summed E-state index contributed by atoms with van der Waals surface area (Å²) < 4.78 is 0.645. The number of fused-ring (bicyclic) bond motifs is 1. The van der Waals surface area contributed by atoms with Gasteiger partial charge in [-0.25, -0.2) is 0 Å². The molecule has 1 aromatic heterocycles. The van der Waals surface area contributed by atoms with Gasteiger partial charge in [0.05, 0.1) is 22.8 Å². The van der Waals surface area contributed by atoms with Crippen molar-refractivity contribution in [3.8, 4) is 0 Å². The molecule has 0 aliphatic carbocycles. The van der Waals surface area contributed by atoms with Crippen LogP contribution in [0.2, 0.25) is 0 Å². The minimum atomic E-state index is -1.23. The third-order valence-corrected chi connectivity index (χ3v) is 6.07. The maximum absolute atomic E-state index is 13.1. The van der Waals surface area contributed by atoms with Crippen molar-refractivity contribution in [2.45, 2.75) is 50.3 Å². The van der Waals surface area contributed by atoms with Gasteiger partial charge in [-0.15, -0.1) is 0 Å². The Kier molecular flexibility index (Phi) is 4.60. The molecular weight excluding hydrogens is 348 g/mol. The molecule has 1 atom stereocenters. The summed E-state index contributed by atoms with van der Waals surface area (Å²) in [5, 5.41) is 7.46. The average molecular weight is 372 g/mol. The van der Waals surface area contributed by atoms with E-state index in [9.17, 15) is 9.59 Å². The molecule has 2 amide bonds. The largest absolute Gasteiger partial charge is 0.321 e. The standard InChI is InChI=1S/C19H24N4O2S/c1-11(2)23-13(4)16(12(3)21-23)20-17(24)19(5)18(25)22(6)14-9-7-8-10-15(14)26-19/h7-11H,1-6H3,(H,20,24). The maximum Gasteiger partial charge on any atom is 0.252 e. The van der Waals surface area contributed by atoms with Crippen molar-refractivity contribution < 1.29 is 9.59 Å². The van der Waals surface area contributed by atoms with Crippen LogP contribution in [0, 0.1) is 13.8 Å². The van der Waals surface area contributed by atoms with E-state index in [2.05, 4.69) is 10.4 Å². The van der Waals surface area contributed by atoms with Crippen LogP contribution in [0.15, 0.2) is 29.2 Å². The molecule has 6 nitrogen and oxygen atoms in total. The number of carbonyl (C=O) groups is 2. The van der Waals surface area contributed by atoms with Crippen molar-refractivity contribution in [3.63, 3.8) is 0 Å². The molecule has 2 aromatic rings. The highest BCUT2D eigenvalue weighted by molar-refractivity contribution is 8.02. The van der Waals surface area contributed by atoms with E-state index >= 15 is 0 Å². The van der Waals surface area contributed by atoms with Crippen LogP contribution in [0.5, 0.6) is 0 Å². The van der Waals surface area contributed by atoms with E-state index in [0.717, 1.165) is 22.0 Å². The van der Waals surface area contributed by atoms with Crippen LogP contribution < -0.4 is 10.2 Å². The number of hydrogen-bond donors (Lipinski definition) is 1. The molecule has 3 rings (SSSR count). The van der Waals surface area contributed by atoms with Crippen LogP contribution in [-0.4, -0.2) is 33.4 Å². The molecule has 1 aliphatic heterocycles. The number of hydrogen-bond acceptors (Lipinski definition) is 4. The Labute approximate surface area is 157 Å². The third kappa shape index (κ3) is 2.80. The van der Waals surface area contributed by atoms with Crippen molar-refractivity contribution in [1.82, 2.24) is 9.78 Å². The van der Waals surface area contributed by atoms with Crippen molar-refractivity contribution in [2.75, 3.05) is 17.3 Å². The Hall–Kier alpha value is -2.28. The number of para-hydroxylation sites is 1. The van der Waals surface area contributed by atoms with Gasteiger partial charge in [-0.2, -0.15) is 5.10 Å². The summed E-state index contributed by atoms with van der Waals surface area (Å²) in [5.74, 6) is -0.561. The summed E-state index contributed by atoms with van der Waals surface area (Å²) in [4.78, 5) is 28.5. The summed E-state index contributed by atoms with van der Waals surface area (Å²) >= 11 is 1.29. The van der Waals surface area contributed by atoms with E-state index in [-0.39, 0.29) is 17.9 Å². The van der Waals surface area contributed by atoms with E-state index in [1.807, 2.05) is 56.6 Å². The molecule has 0 bridgehead atoms. The first-order chi connectivity index (χ1) is 12.2. The van der Waals surface area contributed by atoms with Crippen LogP contribution in [0.25, 0.3) is 0 Å². The Morgan fingerprint density at radius 2 is 1.92 bits per heavy atom. The summed E-state index contributed by atoms with van der Waals surface area (Å²) in [7, 11) is 1.71. The van der Waals surface area contributed by atoms with E-state index in [4.69, 9.17) is 0 Å². The minimum Gasteiger partial charge on any atom is -0.321 e. The van der Waals surface area contributed by atoms with Gasteiger partial charge in [-0.1, -0.05) is 23.9 Å². The molecule has 1 unspecified atom stereocenters. The zero-order chi connectivity index (χ0) is 19.2. The van der Waals surface area contributed by atoms with E-state index in [1.54, 1.807) is 18.9 Å². The van der Waals surface area contributed by atoms with Gasteiger partial charge in [0.25, 0.3) is 5.91 Å². The second kappa shape index (κ2) is 6.46. The molecule has 2 heterocycles. The second-order valence-electron chi connectivity index (χ2n) is 7.01. The normalized spacial score (nSPS) is 19.7.